The summed E-state index contributed by atoms with van der Waals surface area (Å²) < 4.78 is 26.5. The monoisotopic (exact) mass is 369 g/mol. The predicted molar refractivity (Wildman–Crippen MR) is 86.7 cm³/mol. The molecule has 1 aromatic carbocycles. The first kappa shape index (κ1) is 15.9. The maximum atomic E-state index is 11.6. The van der Waals surface area contributed by atoms with Gasteiger partial charge in [0.25, 0.3) is 0 Å². The smallest absolute Gasteiger partial charge is 0.241 e. The second-order valence-electron chi connectivity index (χ2n) is 4.51. The normalized spacial score (nSPS) is 11.4. The van der Waals surface area contributed by atoms with Gasteiger partial charge in [0.15, 0.2) is 0 Å². The molecule has 7 heteroatoms. The molecule has 0 bridgehead atoms. The van der Waals surface area contributed by atoms with Gasteiger partial charge in [-0.3, -0.25) is 0 Å². The van der Waals surface area contributed by atoms with Gasteiger partial charge < -0.3 is 5.32 Å². The highest BCUT2D eigenvalue weighted by Gasteiger charge is 2.11. The molecular formula is C14H16BrN3O2S. The van der Waals surface area contributed by atoms with Gasteiger partial charge in [0.2, 0.25) is 10.0 Å². The lowest BCUT2D eigenvalue weighted by molar-refractivity contribution is 0.588. The summed E-state index contributed by atoms with van der Waals surface area (Å²) >= 11 is 3.44. The van der Waals surface area contributed by atoms with Gasteiger partial charge in [-0.15, -0.1) is 0 Å². The van der Waals surface area contributed by atoms with E-state index < -0.39 is 10.0 Å². The highest BCUT2D eigenvalue weighted by atomic mass is 79.9. The number of nitrogens with one attached hydrogen (secondary N) is 2. The Bertz CT molecular complexity index is 730. The molecule has 1 heterocycles. The minimum Gasteiger partial charge on any atom is -0.366 e. The van der Waals surface area contributed by atoms with Gasteiger partial charge in [0, 0.05) is 17.2 Å². The van der Waals surface area contributed by atoms with Crippen LogP contribution in [0.4, 0.5) is 5.82 Å². The molecule has 0 aliphatic carbocycles. The molecule has 0 atom stereocenters. The molecule has 1 aromatic heterocycles. The topological polar surface area (TPSA) is 71.1 Å². The number of hydrogen-bond donors (Lipinski definition) is 2. The minimum atomic E-state index is -3.44. The van der Waals surface area contributed by atoms with Crippen LogP contribution in [0.15, 0.2) is 45.9 Å². The van der Waals surface area contributed by atoms with Crippen LogP contribution in [-0.2, 0) is 16.6 Å². The van der Waals surface area contributed by atoms with Crippen LogP contribution in [0.1, 0.15) is 11.1 Å². The van der Waals surface area contributed by atoms with E-state index in [1.165, 1.54) is 24.9 Å². The summed E-state index contributed by atoms with van der Waals surface area (Å²) in [5.41, 5.74) is 2.33. The molecule has 0 aliphatic heterocycles. The second kappa shape index (κ2) is 6.55. The summed E-state index contributed by atoms with van der Waals surface area (Å²) in [6.07, 6.45) is 1.34. The van der Waals surface area contributed by atoms with E-state index in [4.69, 9.17) is 0 Å². The fourth-order valence-corrected chi connectivity index (χ4v) is 2.86. The molecule has 0 unspecified atom stereocenters. The molecule has 0 spiro atoms. The Labute approximate surface area is 133 Å². The van der Waals surface area contributed by atoms with E-state index in [1.54, 1.807) is 6.07 Å². The molecule has 21 heavy (non-hydrogen) atoms. The number of hydrogen-bond acceptors (Lipinski definition) is 4. The molecule has 0 saturated carbocycles. The van der Waals surface area contributed by atoms with E-state index in [1.807, 2.05) is 25.1 Å². The van der Waals surface area contributed by atoms with Crippen LogP contribution in [0, 0.1) is 6.92 Å². The Hall–Kier alpha value is -1.44. The van der Waals surface area contributed by atoms with E-state index >= 15 is 0 Å². The van der Waals surface area contributed by atoms with Crippen LogP contribution in [0.5, 0.6) is 0 Å². The fraction of sp³-hybridized carbons (Fsp3) is 0.214. The van der Waals surface area contributed by atoms with Crippen molar-refractivity contribution in [2.75, 3.05) is 12.4 Å². The quantitative estimate of drug-likeness (QED) is 0.849. The molecule has 0 aliphatic rings. The lowest BCUT2D eigenvalue weighted by Crippen LogP contribution is -2.18. The van der Waals surface area contributed by atoms with Crippen LogP contribution in [-0.4, -0.2) is 20.4 Å². The largest absolute Gasteiger partial charge is 0.366 e. The number of anilines is 1. The first-order valence-corrected chi connectivity index (χ1v) is 8.58. The van der Waals surface area contributed by atoms with Gasteiger partial charge in [-0.1, -0.05) is 22.0 Å². The maximum Gasteiger partial charge on any atom is 0.241 e. The number of aromatic nitrogens is 1. The van der Waals surface area contributed by atoms with Crippen LogP contribution in [0.2, 0.25) is 0 Å². The summed E-state index contributed by atoms with van der Waals surface area (Å²) in [7, 11) is -2.07. The molecule has 2 rings (SSSR count). The highest BCUT2D eigenvalue weighted by Crippen LogP contribution is 2.17. The average molecular weight is 370 g/mol. The first-order valence-electron chi connectivity index (χ1n) is 6.31. The lowest BCUT2D eigenvalue weighted by Gasteiger charge is -2.09. The highest BCUT2D eigenvalue weighted by molar-refractivity contribution is 9.10. The third kappa shape index (κ3) is 4.03. The summed E-state index contributed by atoms with van der Waals surface area (Å²) in [5.74, 6) is 0.629. The molecular weight excluding hydrogens is 354 g/mol. The van der Waals surface area contributed by atoms with Crippen LogP contribution in [0.25, 0.3) is 0 Å². The Morgan fingerprint density at radius 2 is 2.00 bits per heavy atom. The van der Waals surface area contributed by atoms with Gasteiger partial charge in [0.1, 0.15) is 10.7 Å². The van der Waals surface area contributed by atoms with E-state index in [9.17, 15) is 8.42 Å². The second-order valence-corrected chi connectivity index (χ2v) is 7.31. The van der Waals surface area contributed by atoms with Crippen LogP contribution < -0.4 is 10.0 Å². The van der Waals surface area contributed by atoms with Crippen molar-refractivity contribution < 1.29 is 8.42 Å². The van der Waals surface area contributed by atoms with Gasteiger partial charge in [-0.2, -0.15) is 0 Å². The maximum absolute atomic E-state index is 11.6. The zero-order valence-electron chi connectivity index (χ0n) is 11.7. The minimum absolute atomic E-state index is 0.147. The van der Waals surface area contributed by atoms with Crippen molar-refractivity contribution in [1.82, 2.24) is 9.71 Å². The Kier molecular flexibility index (Phi) is 4.97. The molecule has 112 valence electrons. The number of pyridine rings is 1. The average Bonchev–Trinajstić information content (AvgIpc) is 2.48. The molecule has 0 saturated heterocycles. The third-order valence-electron chi connectivity index (χ3n) is 3.09. The van der Waals surface area contributed by atoms with Crippen LogP contribution in [0.3, 0.4) is 0 Å². The van der Waals surface area contributed by atoms with Crippen molar-refractivity contribution in [3.8, 4) is 0 Å². The van der Waals surface area contributed by atoms with Crippen molar-refractivity contribution >= 4 is 31.8 Å². The number of benzene rings is 1. The van der Waals surface area contributed by atoms with Gasteiger partial charge in [0.05, 0.1) is 0 Å². The third-order valence-corrected chi connectivity index (χ3v) is 4.98. The number of sulfonamides is 1. The summed E-state index contributed by atoms with van der Waals surface area (Å²) in [5, 5.41) is 3.18. The Morgan fingerprint density at radius 3 is 2.62 bits per heavy atom. The van der Waals surface area contributed by atoms with Crippen molar-refractivity contribution in [2.24, 2.45) is 0 Å². The molecule has 0 radical (unpaired) electrons. The SMILES string of the molecule is CNS(=O)(=O)c1ccc(NCc2cc(Br)ccc2C)nc1. The van der Waals surface area contributed by atoms with E-state index in [-0.39, 0.29) is 4.90 Å². The van der Waals surface area contributed by atoms with Crippen molar-refractivity contribution in [3.63, 3.8) is 0 Å². The van der Waals surface area contributed by atoms with Crippen molar-refractivity contribution in [1.29, 1.82) is 0 Å². The van der Waals surface area contributed by atoms with Gasteiger partial charge in [-0.05, 0) is 49.4 Å². The Balaban J connectivity index is 2.09. The van der Waals surface area contributed by atoms with E-state index in [0.717, 1.165) is 10.0 Å². The van der Waals surface area contributed by atoms with Crippen LogP contribution >= 0.6 is 15.9 Å². The summed E-state index contributed by atoms with van der Waals surface area (Å²) in [4.78, 5) is 4.27. The summed E-state index contributed by atoms with van der Waals surface area (Å²) in [6.45, 7) is 2.66. The fourth-order valence-electron chi connectivity index (χ4n) is 1.78. The first-order chi connectivity index (χ1) is 9.92. The standard InChI is InChI=1S/C14H16BrN3O2S/c1-10-3-4-12(15)7-11(10)8-17-14-6-5-13(9-18-14)21(19,20)16-2/h3-7,9,16H,8H2,1-2H3,(H,17,18). The molecule has 5 nitrogen and oxygen atoms in total. The number of nitrogens with zero attached hydrogens (tertiary/aromatic N) is 1. The molecule has 2 aromatic rings. The molecule has 0 amide bonds. The Morgan fingerprint density at radius 1 is 1.24 bits per heavy atom. The lowest BCUT2D eigenvalue weighted by atomic mass is 10.1. The van der Waals surface area contributed by atoms with Crippen molar-refractivity contribution in [3.05, 3.63) is 52.1 Å². The number of aryl methyl sites for hydroxylation is 1. The summed E-state index contributed by atoms with van der Waals surface area (Å²) in [6, 6.07) is 9.25. The zero-order chi connectivity index (χ0) is 15.5. The van der Waals surface area contributed by atoms with Gasteiger partial charge in [-0.25, -0.2) is 18.1 Å². The number of halogens is 1. The predicted octanol–water partition coefficient (Wildman–Crippen LogP) is 2.67. The molecule has 2 N–H and O–H groups in total. The van der Waals surface area contributed by atoms with E-state index in [2.05, 4.69) is 31.0 Å². The molecule has 0 fully saturated rings. The zero-order valence-corrected chi connectivity index (χ0v) is 14.1. The van der Waals surface area contributed by atoms with Crippen molar-refractivity contribution in [2.45, 2.75) is 18.4 Å². The van der Waals surface area contributed by atoms with Gasteiger partial charge >= 0.3 is 0 Å². The van der Waals surface area contributed by atoms with E-state index in [0.29, 0.717) is 12.4 Å². The number of rotatable bonds is 5.